The molecule has 0 bridgehead atoms. The van der Waals surface area contributed by atoms with Crippen LogP contribution in [0.15, 0.2) is 59.4 Å². The van der Waals surface area contributed by atoms with Gasteiger partial charge in [-0.1, -0.05) is 42.5 Å². The van der Waals surface area contributed by atoms with Gasteiger partial charge in [0.05, 0.1) is 11.9 Å². The van der Waals surface area contributed by atoms with Crippen molar-refractivity contribution in [2.75, 3.05) is 5.43 Å². The van der Waals surface area contributed by atoms with Crippen LogP contribution in [-0.2, 0) is 0 Å². The van der Waals surface area contributed by atoms with E-state index in [1.165, 1.54) is 11.1 Å². The van der Waals surface area contributed by atoms with Crippen molar-refractivity contribution in [3.8, 4) is 0 Å². The number of anilines is 1. The zero-order chi connectivity index (χ0) is 15.5. The fraction of sp³-hybridized carbons (Fsp3) is 0.278. The molecule has 1 N–H and O–H groups in total. The van der Waals surface area contributed by atoms with Crippen LogP contribution in [-0.4, -0.2) is 15.9 Å². The van der Waals surface area contributed by atoms with Crippen LogP contribution >= 0.6 is 0 Å². The Bertz CT molecular complexity index is 768. The van der Waals surface area contributed by atoms with E-state index < -0.39 is 0 Å². The number of hydrogen-bond donors (Lipinski definition) is 1. The lowest BCUT2D eigenvalue weighted by atomic mass is 9.85. The van der Waals surface area contributed by atoms with Crippen molar-refractivity contribution in [2.24, 2.45) is 11.0 Å². The smallest absolute Gasteiger partial charge is 0.176 e. The molecule has 1 heterocycles. The van der Waals surface area contributed by atoms with Gasteiger partial charge in [0, 0.05) is 10.8 Å². The molecule has 4 nitrogen and oxygen atoms in total. The molecule has 22 heavy (non-hydrogen) atoms. The Morgan fingerprint density at radius 1 is 1.36 bits per heavy atom. The van der Waals surface area contributed by atoms with Crippen molar-refractivity contribution in [3.05, 3.63) is 54.3 Å². The highest BCUT2D eigenvalue weighted by molar-refractivity contribution is 6.01. The first-order chi connectivity index (χ1) is 10.6. The van der Waals surface area contributed by atoms with Crippen molar-refractivity contribution in [1.82, 2.24) is 10.2 Å². The van der Waals surface area contributed by atoms with Crippen molar-refractivity contribution in [2.45, 2.75) is 26.7 Å². The second-order valence-corrected chi connectivity index (χ2v) is 5.82. The third kappa shape index (κ3) is 2.91. The highest BCUT2D eigenvalue weighted by atomic mass is 15.3. The standard InChI is InChI=1S/C18H20N4/c1-12(2)14-9-8-13(3)17(10-14)20-22-18-16-7-5-4-6-15(16)11-19-21-18/h4-8,11,14H,1,9-10H2,2-3H3,(H,21,22)/b20-17-/t14-/m0/s1. The van der Waals surface area contributed by atoms with E-state index in [2.05, 4.69) is 47.2 Å². The van der Waals surface area contributed by atoms with E-state index >= 15 is 0 Å². The SMILES string of the molecule is C=C(C)[C@H]1CC=C(C)/C(=N\Nc2nncc3ccccc23)C1. The Balaban J connectivity index is 1.87. The van der Waals surface area contributed by atoms with E-state index in [0.29, 0.717) is 11.7 Å². The molecule has 1 aliphatic carbocycles. The predicted molar refractivity (Wildman–Crippen MR) is 91.9 cm³/mol. The molecule has 0 unspecified atom stereocenters. The molecule has 0 radical (unpaired) electrons. The van der Waals surface area contributed by atoms with Gasteiger partial charge in [0.25, 0.3) is 0 Å². The minimum absolute atomic E-state index is 0.475. The fourth-order valence-electron chi connectivity index (χ4n) is 2.65. The number of benzene rings is 1. The summed E-state index contributed by atoms with van der Waals surface area (Å²) in [6, 6.07) is 8.02. The molecule has 1 aromatic carbocycles. The van der Waals surface area contributed by atoms with Crippen LogP contribution in [0.25, 0.3) is 10.8 Å². The third-order valence-corrected chi connectivity index (χ3v) is 4.17. The van der Waals surface area contributed by atoms with Gasteiger partial charge in [-0.25, -0.2) is 0 Å². The predicted octanol–water partition coefficient (Wildman–Crippen LogP) is 4.33. The van der Waals surface area contributed by atoms with Gasteiger partial charge >= 0.3 is 0 Å². The fourth-order valence-corrected chi connectivity index (χ4v) is 2.65. The lowest BCUT2D eigenvalue weighted by Gasteiger charge is -2.22. The number of hydrazone groups is 1. The quantitative estimate of drug-likeness (QED) is 0.676. The number of allylic oxidation sites excluding steroid dienone is 3. The van der Waals surface area contributed by atoms with Gasteiger partial charge in [0.2, 0.25) is 0 Å². The van der Waals surface area contributed by atoms with Crippen molar-refractivity contribution >= 4 is 22.3 Å². The highest BCUT2D eigenvalue weighted by Gasteiger charge is 2.18. The molecular weight excluding hydrogens is 272 g/mol. The summed E-state index contributed by atoms with van der Waals surface area (Å²) in [5.74, 6) is 1.17. The molecule has 112 valence electrons. The Hall–Kier alpha value is -2.49. The Morgan fingerprint density at radius 2 is 2.18 bits per heavy atom. The number of fused-ring (bicyclic) bond motifs is 1. The monoisotopic (exact) mass is 292 g/mol. The molecule has 0 spiro atoms. The van der Waals surface area contributed by atoms with Gasteiger partial charge in [-0.15, -0.1) is 5.10 Å². The van der Waals surface area contributed by atoms with Crippen molar-refractivity contribution in [1.29, 1.82) is 0 Å². The van der Waals surface area contributed by atoms with Crippen LogP contribution < -0.4 is 5.43 Å². The molecule has 1 aromatic heterocycles. The third-order valence-electron chi connectivity index (χ3n) is 4.17. The zero-order valence-electron chi connectivity index (χ0n) is 13.0. The lowest BCUT2D eigenvalue weighted by Crippen LogP contribution is -2.16. The molecule has 1 atom stereocenters. The summed E-state index contributed by atoms with van der Waals surface area (Å²) in [6.07, 6.45) is 5.96. The molecule has 3 rings (SSSR count). The van der Waals surface area contributed by atoms with Gasteiger partial charge in [0.1, 0.15) is 0 Å². The molecule has 0 fully saturated rings. The Kier molecular flexibility index (Phi) is 4.00. The first-order valence-electron chi connectivity index (χ1n) is 7.50. The van der Waals surface area contributed by atoms with Gasteiger partial charge in [0.15, 0.2) is 5.82 Å². The zero-order valence-corrected chi connectivity index (χ0v) is 13.0. The summed E-state index contributed by atoms with van der Waals surface area (Å²) >= 11 is 0. The maximum absolute atomic E-state index is 4.57. The molecular formula is C18H20N4. The lowest BCUT2D eigenvalue weighted by molar-refractivity contribution is 0.639. The van der Waals surface area contributed by atoms with Gasteiger partial charge in [-0.05, 0) is 38.2 Å². The van der Waals surface area contributed by atoms with Gasteiger partial charge in [-0.3, -0.25) is 5.43 Å². The molecule has 0 amide bonds. The van der Waals surface area contributed by atoms with Crippen LogP contribution in [0.4, 0.5) is 5.82 Å². The van der Waals surface area contributed by atoms with Gasteiger partial charge in [-0.2, -0.15) is 10.2 Å². The van der Waals surface area contributed by atoms with E-state index in [4.69, 9.17) is 0 Å². The number of rotatable bonds is 3. The van der Waals surface area contributed by atoms with E-state index in [1.54, 1.807) is 6.20 Å². The second-order valence-electron chi connectivity index (χ2n) is 5.82. The van der Waals surface area contributed by atoms with Crippen LogP contribution in [0.5, 0.6) is 0 Å². The summed E-state index contributed by atoms with van der Waals surface area (Å²) in [5.41, 5.74) is 6.59. The summed E-state index contributed by atoms with van der Waals surface area (Å²) < 4.78 is 0. The minimum atomic E-state index is 0.475. The normalized spacial score (nSPS) is 20.0. The van der Waals surface area contributed by atoms with Crippen LogP contribution in [0.3, 0.4) is 0 Å². The van der Waals surface area contributed by atoms with Crippen molar-refractivity contribution < 1.29 is 0 Å². The van der Waals surface area contributed by atoms with Crippen molar-refractivity contribution in [3.63, 3.8) is 0 Å². The summed E-state index contributed by atoms with van der Waals surface area (Å²) in [6.45, 7) is 8.26. The van der Waals surface area contributed by atoms with Gasteiger partial charge < -0.3 is 0 Å². The van der Waals surface area contributed by atoms with E-state index in [0.717, 1.165) is 29.3 Å². The highest BCUT2D eigenvalue weighted by Crippen LogP contribution is 2.27. The second kappa shape index (κ2) is 6.10. The molecule has 0 saturated heterocycles. The molecule has 4 heteroatoms. The topological polar surface area (TPSA) is 50.2 Å². The number of nitrogens with one attached hydrogen (secondary N) is 1. The molecule has 2 aromatic rings. The molecule has 0 saturated carbocycles. The number of hydrogen-bond acceptors (Lipinski definition) is 4. The van der Waals surface area contributed by atoms with E-state index in [-0.39, 0.29) is 0 Å². The summed E-state index contributed by atoms with van der Waals surface area (Å²) in [4.78, 5) is 0. The first kappa shape index (κ1) is 14.4. The average molecular weight is 292 g/mol. The van der Waals surface area contributed by atoms with Crippen LogP contribution in [0, 0.1) is 5.92 Å². The first-order valence-corrected chi connectivity index (χ1v) is 7.50. The minimum Gasteiger partial charge on any atom is -0.259 e. The maximum Gasteiger partial charge on any atom is 0.176 e. The Morgan fingerprint density at radius 3 is 3.00 bits per heavy atom. The number of aromatic nitrogens is 2. The van der Waals surface area contributed by atoms with Crippen LogP contribution in [0.1, 0.15) is 26.7 Å². The summed E-state index contributed by atoms with van der Waals surface area (Å²) in [7, 11) is 0. The largest absolute Gasteiger partial charge is 0.259 e. The molecule has 0 aliphatic heterocycles. The molecule has 1 aliphatic rings. The maximum atomic E-state index is 4.57. The van der Waals surface area contributed by atoms with Crippen LogP contribution in [0.2, 0.25) is 0 Å². The van der Waals surface area contributed by atoms with E-state index in [9.17, 15) is 0 Å². The number of nitrogens with zero attached hydrogens (tertiary/aromatic N) is 3. The average Bonchev–Trinajstić information content (AvgIpc) is 2.54. The summed E-state index contributed by atoms with van der Waals surface area (Å²) in [5, 5.41) is 14.8. The Labute approximate surface area is 130 Å². The van der Waals surface area contributed by atoms with E-state index in [1.807, 2.05) is 24.3 Å².